The molecular weight excluding hydrogens is 434 g/mol. The highest BCUT2D eigenvalue weighted by Gasteiger charge is 2.35. The van der Waals surface area contributed by atoms with Crippen molar-refractivity contribution in [3.8, 4) is 0 Å². The van der Waals surface area contributed by atoms with Gasteiger partial charge in [-0.2, -0.15) is 0 Å². The quantitative estimate of drug-likeness (QED) is 0.380. The molecule has 0 bridgehead atoms. The van der Waals surface area contributed by atoms with Crippen LogP contribution in [0.25, 0.3) is 0 Å². The van der Waals surface area contributed by atoms with Crippen molar-refractivity contribution in [1.82, 2.24) is 10.3 Å². The molecule has 4 unspecified atom stereocenters. The summed E-state index contributed by atoms with van der Waals surface area (Å²) < 4.78 is 29.1. The monoisotopic (exact) mass is 459 g/mol. The number of nitrogens with zero attached hydrogens (tertiary/aromatic N) is 2. The Labute approximate surface area is 178 Å². The number of aliphatic hydroxyl groups excluding tert-OH is 3. The molecule has 1 amide bonds. The van der Waals surface area contributed by atoms with Gasteiger partial charge in [-0.1, -0.05) is 30.3 Å². The molecule has 0 saturated heterocycles. The number of carbonyl (C=O) groups excluding carboxylic acids is 1. The lowest BCUT2D eigenvalue weighted by atomic mass is 9.94. The summed E-state index contributed by atoms with van der Waals surface area (Å²) in [6, 6.07) is 7.05. The van der Waals surface area contributed by atoms with E-state index in [1.54, 1.807) is 30.3 Å². The molecule has 166 valence electrons. The molecule has 1 aromatic heterocycles. The van der Waals surface area contributed by atoms with Crippen LogP contribution in [0, 0.1) is 0 Å². The maximum absolute atomic E-state index is 12.7. The predicted octanol–water partition coefficient (Wildman–Crippen LogP) is -0.261. The van der Waals surface area contributed by atoms with Crippen molar-refractivity contribution >= 4 is 32.4 Å². The van der Waals surface area contributed by atoms with E-state index in [9.17, 15) is 28.5 Å². The third kappa shape index (κ3) is 5.97. The van der Waals surface area contributed by atoms with Gasteiger partial charge < -0.3 is 25.4 Å². The number of ether oxygens (including phenoxy) is 1. The third-order valence-electron chi connectivity index (χ3n) is 4.37. The van der Waals surface area contributed by atoms with E-state index in [1.807, 2.05) is 0 Å². The summed E-state index contributed by atoms with van der Waals surface area (Å²) in [4.78, 5) is 16.7. The Morgan fingerprint density at radius 2 is 1.90 bits per heavy atom. The van der Waals surface area contributed by atoms with Crippen LogP contribution >= 0.6 is 11.3 Å². The first-order chi connectivity index (χ1) is 14.1. The Kier molecular flexibility index (Phi) is 8.29. The zero-order chi connectivity index (χ0) is 22.5. The number of carbonyl (C=O) groups is 1. The van der Waals surface area contributed by atoms with Crippen LogP contribution in [0.2, 0.25) is 0 Å². The second-order valence-corrected chi connectivity index (χ2v) is 9.46. The minimum absolute atomic E-state index is 0.0859. The summed E-state index contributed by atoms with van der Waals surface area (Å²) in [5.74, 6) is -0.747. The van der Waals surface area contributed by atoms with E-state index in [0.717, 1.165) is 21.9 Å². The van der Waals surface area contributed by atoms with Crippen molar-refractivity contribution in [3.63, 3.8) is 0 Å². The van der Waals surface area contributed by atoms with Gasteiger partial charge in [0.05, 0.1) is 18.9 Å². The molecule has 0 radical (unpaired) electrons. The Bertz CT molecular complexity index is 936. The van der Waals surface area contributed by atoms with Gasteiger partial charge in [-0.3, -0.25) is 4.79 Å². The fourth-order valence-corrected chi connectivity index (χ4v) is 4.13. The summed E-state index contributed by atoms with van der Waals surface area (Å²) in [5.41, 5.74) is 0.325. The standard InChI is InChI=1S/C18H25N3O7S2/c1-21(30(3,26)27)18-19-12(10-29-18)17(25)20-14(16(24)13(22)9-28-2)15(23)11-7-5-4-6-8-11/h4-8,10,13-16,22-24H,9H2,1-3H3,(H,20,25). The molecule has 0 spiro atoms. The molecule has 10 nitrogen and oxygen atoms in total. The molecule has 30 heavy (non-hydrogen) atoms. The van der Waals surface area contributed by atoms with Crippen LogP contribution in [0.3, 0.4) is 0 Å². The topological polar surface area (TPSA) is 149 Å². The number of thiazole rings is 1. The average molecular weight is 460 g/mol. The second-order valence-electron chi connectivity index (χ2n) is 6.61. The number of anilines is 1. The molecule has 2 aromatic rings. The molecule has 2 rings (SSSR count). The van der Waals surface area contributed by atoms with Crippen molar-refractivity contribution in [3.05, 3.63) is 47.0 Å². The molecule has 1 heterocycles. The van der Waals surface area contributed by atoms with Crippen LogP contribution < -0.4 is 9.62 Å². The largest absolute Gasteiger partial charge is 0.388 e. The molecule has 0 aliphatic carbocycles. The third-order valence-corrected chi connectivity index (χ3v) is 6.57. The Hall–Kier alpha value is -2.09. The van der Waals surface area contributed by atoms with Crippen LogP contribution in [0.5, 0.6) is 0 Å². The maximum Gasteiger partial charge on any atom is 0.271 e. The van der Waals surface area contributed by atoms with Crippen molar-refractivity contribution in [2.24, 2.45) is 0 Å². The number of hydrogen-bond donors (Lipinski definition) is 4. The molecule has 0 saturated carbocycles. The van der Waals surface area contributed by atoms with Gasteiger partial charge in [0.25, 0.3) is 5.91 Å². The predicted molar refractivity (Wildman–Crippen MR) is 112 cm³/mol. The zero-order valence-corrected chi connectivity index (χ0v) is 18.3. The van der Waals surface area contributed by atoms with E-state index in [2.05, 4.69) is 10.3 Å². The Morgan fingerprint density at radius 3 is 2.47 bits per heavy atom. The minimum Gasteiger partial charge on any atom is -0.388 e. The lowest BCUT2D eigenvalue weighted by Gasteiger charge is -2.31. The van der Waals surface area contributed by atoms with Gasteiger partial charge in [-0.15, -0.1) is 11.3 Å². The molecule has 1 aromatic carbocycles. The first-order valence-electron chi connectivity index (χ1n) is 8.84. The number of sulfonamides is 1. The summed E-state index contributed by atoms with van der Waals surface area (Å²) >= 11 is 0.948. The number of aromatic nitrogens is 1. The van der Waals surface area contributed by atoms with Crippen molar-refractivity contribution in [2.75, 3.05) is 31.3 Å². The SMILES string of the molecule is COCC(O)C(O)C(NC(=O)c1csc(N(C)S(C)(=O)=O)n1)C(O)c1ccccc1. The number of methoxy groups -OCH3 is 1. The summed E-state index contributed by atoms with van der Waals surface area (Å²) in [6.45, 7) is -0.213. The van der Waals surface area contributed by atoms with E-state index < -0.39 is 40.3 Å². The van der Waals surface area contributed by atoms with E-state index >= 15 is 0 Å². The van der Waals surface area contributed by atoms with Crippen LogP contribution in [0.15, 0.2) is 35.7 Å². The summed E-state index contributed by atoms with van der Waals surface area (Å²) in [5, 5.41) is 35.3. The number of amides is 1. The molecule has 0 fully saturated rings. The maximum atomic E-state index is 12.7. The number of hydrogen-bond acceptors (Lipinski definition) is 9. The van der Waals surface area contributed by atoms with E-state index in [-0.39, 0.29) is 17.4 Å². The lowest BCUT2D eigenvalue weighted by molar-refractivity contribution is -0.0633. The van der Waals surface area contributed by atoms with Gasteiger partial charge in [-0.05, 0) is 5.56 Å². The van der Waals surface area contributed by atoms with Crippen LogP contribution in [0.4, 0.5) is 5.13 Å². The first kappa shape index (κ1) is 24.2. The van der Waals surface area contributed by atoms with E-state index in [0.29, 0.717) is 5.56 Å². The molecule has 0 aliphatic rings. The number of rotatable bonds is 10. The molecular formula is C18H25N3O7S2. The smallest absolute Gasteiger partial charge is 0.271 e. The van der Waals surface area contributed by atoms with Crippen LogP contribution in [0.1, 0.15) is 22.2 Å². The number of benzene rings is 1. The summed E-state index contributed by atoms with van der Waals surface area (Å²) in [6.07, 6.45) is -3.26. The van der Waals surface area contributed by atoms with Gasteiger partial charge >= 0.3 is 0 Å². The second kappa shape index (κ2) is 10.3. The normalized spacial score (nSPS) is 15.8. The van der Waals surface area contributed by atoms with Gasteiger partial charge in [0.2, 0.25) is 10.0 Å². The number of nitrogens with one attached hydrogen (secondary N) is 1. The fourth-order valence-electron chi connectivity index (χ4n) is 2.60. The van der Waals surface area contributed by atoms with E-state index in [1.165, 1.54) is 19.5 Å². The van der Waals surface area contributed by atoms with Gasteiger partial charge in [0.1, 0.15) is 24.0 Å². The van der Waals surface area contributed by atoms with Crippen LogP contribution in [-0.2, 0) is 14.8 Å². The number of aliphatic hydroxyl groups is 3. The highest BCUT2D eigenvalue weighted by atomic mass is 32.2. The van der Waals surface area contributed by atoms with E-state index in [4.69, 9.17) is 4.74 Å². The summed E-state index contributed by atoms with van der Waals surface area (Å²) in [7, 11) is -0.901. The molecule has 0 aliphatic heterocycles. The highest BCUT2D eigenvalue weighted by molar-refractivity contribution is 7.92. The van der Waals surface area contributed by atoms with Crippen LogP contribution in [-0.4, -0.2) is 79.9 Å². The van der Waals surface area contributed by atoms with Gasteiger partial charge in [0.15, 0.2) is 5.13 Å². The molecule has 4 N–H and O–H groups in total. The first-order valence-corrected chi connectivity index (χ1v) is 11.6. The molecule has 12 heteroatoms. The molecule has 4 atom stereocenters. The van der Waals surface area contributed by atoms with Gasteiger partial charge in [-0.25, -0.2) is 17.7 Å². The lowest BCUT2D eigenvalue weighted by Crippen LogP contribution is -2.52. The average Bonchev–Trinajstić information content (AvgIpc) is 3.20. The fraction of sp³-hybridized carbons (Fsp3) is 0.444. The van der Waals surface area contributed by atoms with Crippen molar-refractivity contribution in [1.29, 1.82) is 0 Å². The van der Waals surface area contributed by atoms with Gasteiger partial charge in [0, 0.05) is 19.5 Å². The Morgan fingerprint density at radius 1 is 1.27 bits per heavy atom. The van der Waals surface area contributed by atoms with Crippen molar-refractivity contribution < 1.29 is 33.3 Å². The minimum atomic E-state index is -3.55. The van der Waals surface area contributed by atoms with Crippen molar-refractivity contribution in [2.45, 2.75) is 24.4 Å². The highest BCUT2D eigenvalue weighted by Crippen LogP contribution is 2.24. The Balaban J connectivity index is 2.27. The zero-order valence-electron chi connectivity index (χ0n) is 16.7.